The molecule has 1 atom stereocenters. The lowest BCUT2D eigenvalue weighted by Crippen LogP contribution is -2.38. The number of hydrogen-bond acceptors (Lipinski definition) is 2. The van der Waals surface area contributed by atoms with Crippen LogP contribution in [0.25, 0.3) is 10.9 Å². The first-order valence-electron chi connectivity index (χ1n) is 7.61. The fraction of sp³-hybridized carbons (Fsp3) is 0.562. The molecule has 0 spiro atoms. The fourth-order valence-electron chi connectivity index (χ4n) is 3.17. The van der Waals surface area contributed by atoms with Gasteiger partial charge in [0.2, 0.25) is 0 Å². The molecular weight excluding hydrogens is 361 g/mol. The minimum absolute atomic E-state index is 0.762. The molecule has 108 valence electrons. The summed E-state index contributed by atoms with van der Waals surface area (Å²) in [5, 5.41) is 5.95. The normalized spacial score (nSPS) is 20.6. The van der Waals surface area contributed by atoms with Gasteiger partial charge in [-0.05, 0) is 61.4 Å². The zero-order valence-electron chi connectivity index (χ0n) is 12.1. The second kappa shape index (κ2) is 6.43. The standard InChI is InChI=1S/C16H22IN3/c1-13-7-4-5-10-19(13)11-6-12-20-15-9-3-2-8-14(15)16(17)18-20/h2-3,8-9,13H,4-7,10-12H2,1H3. The maximum Gasteiger partial charge on any atom is 0.131 e. The van der Waals surface area contributed by atoms with Gasteiger partial charge in [0, 0.05) is 24.5 Å². The van der Waals surface area contributed by atoms with Gasteiger partial charge < -0.3 is 4.90 Å². The molecule has 0 bridgehead atoms. The van der Waals surface area contributed by atoms with E-state index in [1.165, 1.54) is 49.7 Å². The molecule has 3 nitrogen and oxygen atoms in total. The molecule has 2 heterocycles. The maximum atomic E-state index is 4.68. The molecule has 1 aliphatic rings. The van der Waals surface area contributed by atoms with Gasteiger partial charge in [-0.25, -0.2) is 0 Å². The van der Waals surface area contributed by atoms with Crippen LogP contribution in [0.5, 0.6) is 0 Å². The molecule has 4 heteroatoms. The molecule has 2 aromatic rings. The topological polar surface area (TPSA) is 21.1 Å². The highest BCUT2D eigenvalue weighted by molar-refractivity contribution is 14.1. The molecule has 0 radical (unpaired) electrons. The molecule has 1 saturated heterocycles. The van der Waals surface area contributed by atoms with Gasteiger partial charge in [-0.15, -0.1) is 0 Å². The van der Waals surface area contributed by atoms with E-state index < -0.39 is 0 Å². The van der Waals surface area contributed by atoms with Crippen LogP contribution in [0.4, 0.5) is 0 Å². The van der Waals surface area contributed by atoms with Crippen LogP contribution in [0.15, 0.2) is 24.3 Å². The van der Waals surface area contributed by atoms with E-state index in [1.54, 1.807) is 0 Å². The lowest BCUT2D eigenvalue weighted by Gasteiger charge is -2.33. The molecule has 3 rings (SSSR count). The summed E-state index contributed by atoms with van der Waals surface area (Å²) in [4.78, 5) is 2.64. The van der Waals surface area contributed by atoms with Gasteiger partial charge >= 0.3 is 0 Å². The molecule has 1 aromatic carbocycles. The summed E-state index contributed by atoms with van der Waals surface area (Å²) in [5.41, 5.74) is 1.27. The van der Waals surface area contributed by atoms with Crippen LogP contribution in [-0.2, 0) is 6.54 Å². The smallest absolute Gasteiger partial charge is 0.131 e. The van der Waals surface area contributed by atoms with Gasteiger partial charge in [-0.1, -0.05) is 24.6 Å². The van der Waals surface area contributed by atoms with Crippen molar-refractivity contribution in [2.24, 2.45) is 0 Å². The van der Waals surface area contributed by atoms with Gasteiger partial charge in [-0.2, -0.15) is 5.10 Å². The molecule has 1 unspecified atom stereocenters. The van der Waals surface area contributed by atoms with E-state index in [2.05, 4.69) is 68.5 Å². The number of likely N-dealkylation sites (tertiary alicyclic amines) is 1. The molecular formula is C16H22IN3. The Hall–Kier alpha value is -0.620. The first-order chi connectivity index (χ1) is 9.75. The van der Waals surface area contributed by atoms with E-state index in [-0.39, 0.29) is 0 Å². The van der Waals surface area contributed by atoms with Crippen molar-refractivity contribution in [1.29, 1.82) is 0 Å². The predicted octanol–water partition coefficient (Wildman–Crippen LogP) is 3.91. The van der Waals surface area contributed by atoms with Gasteiger partial charge in [-0.3, -0.25) is 4.68 Å². The quantitative estimate of drug-likeness (QED) is 0.747. The third-order valence-electron chi connectivity index (χ3n) is 4.37. The number of aryl methyl sites for hydroxylation is 1. The van der Waals surface area contributed by atoms with Crippen LogP contribution in [0.2, 0.25) is 0 Å². The summed E-state index contributed by atoms with van der Waals surface area (Å²) in [6, 6.07) is 9.29. The number of rotatable bonds is 4. The third kappa shape index (κ3) is 3.01. The number of aromatic nitrogens is 2. The predicted molar refractivity (Wildman–Crippen MR) is 92.0 cm³/mol. The average molecular weight is 383 g/mol. The van der Waals surface area contributed by atoms with Crippen molar-refractivity contribution in [1.82, 2.24) is 14.7 Å². The molecule has 1 fully saturated rings. The summed E-state index contributed by atoms with van der Waals surface area (Å²) in [7, 11) is 0. The zero-order chi connectivity index (χ0) is 13.9. The minimum atomic E-state index is 0.762. The maximum absolute atomic E-state index is 4.68. The lowest BCUT2D eigenvalue weighted by atomic mass is 10.0. The number of piperidine rings is 1. The Morgan fingerprint density at radius 2 is 2.10 bits per heavy atom. The fourth-order valence-corrected chi connectivity index (χ4v) is 3.89. The number of benzene rings is 1. The Bertz CT molecular complexity index is 578. The van der Waals surface area contributed by atoms with Crippen LogP contribution < -0.4 is 0 Å². The lowest BCUT2D eigenvalue weighted by molar-refractivity contribution is 0.156. The van der Waals surface area contributed by atoms with Crippen LogP contribution >= 0.6 is 22.6 Å². The van der Waals surface area contributed by atoms with Gasteiger partial charge in [0.05, 0.1) is 5.52 Å². The Balaban J connectivity index is 1.62. The Kier molecular flexibility index (Phi) is 4.61. The van der Waals surface area contributed by atoms with E-state index in [0.29, 0.717) is 0 Å². The van der Waals surface area contributed by atoms with Crippen molar-refractivity contribution in [3.63, 3.8) is 0 Å². The van der Waals surface area contributed by atoms with E-state index in [1.807, 2.05) is 0 Å². The first kappa shape index (κ1) is 14.3. The van der Waals surface area contributed by atoms with Gasteiger partial charge in [0.25, 0.3) is 0 Å². The Morgan fingerprint density at radius 3 is 2.95 bits per heavy atom. The van der Waals surface area contributed by atoms with Crippen molar-refractivity contribution < 1.29 is 0 Å². The Morgan fingerprint density at radius 1 is 1.25 bits per heavy atom. The van der Waals surface area contributed by atoms with Crippen molar-refractivity contribution in [2.75, 3.05) is 13.1 Å². The number of halogens is 1. The molecule has 1 aliphatic heterocycles. The number of nitrogens with zero attached hydrogens (tertiary/aromatic N) is 3. The summed E-state index contributed by atoms with van der Waals surface area (Å²) in [5.74, 6) is 0. The molecule has 0 N–H and O–H groups in total. The highest BCUT2D eigenvalue weighted by Gasteiger charge is 2.17. The van der Waals surface area contributed by atoms with E-state index in [9.17, 15) is 0 Å². The van der Waals surface area contributed by atoms with Crippen LogP contribution in [-0.4, -0.2) is 33.8 Å². The summed E-state index contributed by atoms with van der Waals surface area (Å²) in [6.07, 6.45) is 5.32. The minimum Gasteiger partial charge on any atom is -0.301 e. The first-order valence-corrected chi connectivity index (χ1v) is 8.68. The van der Waals surface area contributed by atoms with Crippen LogP contribution in [0.1, 0.15) is 32.6 Å². The molecule has 20 heavy (non-hydrogen) atoms. The summed E-state index contributed by atoms with van der Waals surface area (Å²) in [6.45, 7) is 5.86. The van der Waals surface area contributed by atoms with E-state index in [0.717, 1.165) is 16.3 Å². The van der Waals surface area contributed by atoms with Crippen molar-refractivity contribution in [3.8, 4) is 0 Å². The number of para-hydroxylation sites is 1. The van der Waals surface area contributed by atoms with E-state index >= 15 is 0 Å². The third-order valence-corrected chi connectivity index (χ3v) is 5.17. The summed E-state index contributed by atoms with van der Waals surface area (Å²) >= 11 is 2.33. The monoisotopic (exact) mass is 383 g/mol. The van der Waals surface area contributed by atoms with Gasteiger partial charge in [0.1, 0.15) is 3.70 Å². The molecule has 0 aliphatic carbocycles. The highest BCUT2D eigenvalue weighted by Crippen LogP contribution is 2.21. The number of hydrogen-bond donors (Lipinski definition) is 0. The summed E-state index contributed by atoms with van der Waals surface area (Å²) < 4.78 is 3.29. The second-order valence-corrected chi connectivity index (χ2v) is 6.79. The van der Waals surface area contributed by atoms with Crippen molar-refractivity contribution >= 4 is 33.5 Å². The largest absolute Gasteiger partial charge is 0.301 e. The van der Waals surface area contributed by atoms with E-state index in [4.69, 9.17) is 0 Å². The van der Waals surface area contributed by atoms with Crippen molar-refractivity contribution in [3.05, 3.63) is 28.0 Å². The average Bonchev–Trinajstić information content (AvgIpc) is 2.78. The molecule has 0 amide bonds. The Labute approximate surface area is 134 Å². The van der Waals surface area contributed by atoms with Crippen LogP contribution in [0, 0.1) is 3.70 Å². The van der Waals surface area contributed by atoms with Gasteiger partial charge in [0.15, 0.2) is 0 Å². The van der Waals surface area contributed by atoms with Crippen molar-refractivity contribution in [2.45, 2.75) is 45.2 Å². The second-order valence-electron chi connectivity index (χ2n) is 5.77. The highest BCUT2D eigenvalue weighted by atomic mass is 127. The number of fused-ring (bicyclic) bond motifs is 1. The molecule has 1 aromatic heterocycles. The SMILES string of the molecule is CC1CCCCN1CCCn1nc(I)c2ccccc21. The van der Waals surface area contributed by atoms with Crippen LogP contribution in [0.3, 0.4) is 0 Å². The zero-order valence-corrected chi connectivity index (χ0v) is 14.2. The molecule has 0 saturated carbocycles.